The SMILES string of the molecule is CCOC(/N=C(/N)N[N+](=O)[O-])c1ccccc1. The molecule has 1 unspecified atom stereocenters. The van der Waals surface area contributed by atoms with Crippen LogP contribution in [-0.2, 0) is 4.74 Å². The van der Waals surface area contributed by atoms with Gasteiger partial charge in [-0.1, -0.05) is 35.8 Å². The van der Waals surface area contributed by atoms with Crippen LogP contribution in [0.4, 0.5) is 0 Å². The van der Waals surface area contributed by atoms with Crippen LogP contribution in [0.3, 0.4) is 0 Å². The van der Waals surface area contributed by atoms with Gasteiger partial charge in [0.2, 0.25) is 0 Å². The van der Waals surface area contributed by atoms with Gasteiger partial charge in [-0.3, -0.25) is 0 Å². The third-order valence-corrected chi connectivity index (χ3v) is 1.87. The van der Waals surface area contributed by atoms with Gasteiger partial charge in [0.1, 0.15) is 0 Å². The van der Waals surface area contributed by atoms with Crippen LogP contribution in [0.5, 0.6) is 0 Å². The standard InChI is InChI=1S/C10H14N4O3/c1-2-17-9(8-6-4-3-5-7-8)12-10(11)13-14(15)16/h3-7,9H,2H2,1H3,(H3,11,12,13). The smallest absolute Gasteiger partial charge is 0.254 e. The van der Waals surface area contributed by atoms with Crippen LogP contribution < -0.4 is 11.2 Å². The summed E-state index contributed by atoms with van der Waals surface area (Å²) < 4.78 is 5.35. The largest absolute Gasteiger partial charge is 0.365 e. The van der Waals surface area contributed by atoms with Crippen LogP contribution in [0.2, 0.25) is 0 Å². The molecular formula is C10H14N4O3. The lowest BCUT2D eigenvalue weighted by atomic mass is 10.2. The Morgan fingerprint density at radius 3 is 2.76 bits per heavy atom. The molecule has 0 spiro atoms. The molecule has 0 fully saturated rings. The van der Waals surface area contributed by atoms with Crippen molar-refractivity contribution in [2.45, 2.75) is 13.2 Å². The van der Waals surface area contributed by atoms with Crippen LogP contribution in [-0.4, -0.2) is 17.6 Å². The van der Waals surface area contributed by atoms with E-state index in [1.807, 2.05) is 37.3 Å². The fourth-order valence-corrected chi connectivity index (χ4v) is 1.23. The van der Waals surface area contributed by atoms with Crippen molar-refractivity contribution in [3.05, 3.63) is 46.0 Å². The van der Waals surface area contributed by atoms with Crippen LogP contribution in [0.25, 0.3) is 0 Å². The molecule has 0 aliphatic carbocycles. The number of nitrogens with one attached hydrogen (secondary N) is 1. The number of ether oxygens (including phenoxy) is 1. The highest BCUT2D eigenvalue weighted by Crippen LogP contribution is 2.17. The van der Waals surface area contributed by atoms with Gasteiger partial charge in [0.05, 0.1) is 0 Å². The van der Waals surface area contributed by atoms with E-state index in [9.17, 15) is 10.1 Å². The van der Waals surface area contributed by atoms with Gasteiger partial charge in [-0.25, -0.2) is 15.1 Å². The molecule has 0 radical (unpaired) electrons. The minimum Gasteiger partial charge on any atom is -0.365 e. The fourth-order valence-electron chi connectivity index (χ4n) is 1.23. The molecule has 0 aliphatic heterocycles. The molecule has 7 nitrogen and oxygen atoms in total. The number of rotatable bonds is 5. The molecule has 7 heteroatoms. The molecule has 3 N–H and O–H groups in total. The summed E-state index contributed by atoms with van der Waals surface area (Å²) in [4.78, 5) is 14.1. The molecule has 0 saturated heterocycles. The van der Waals surface area contributed by atoms with Crippen molar-refractivity contribution in [2.24, 2.45) is 10.7 Å². The lowest BCUT2D eigenvalue weighted by Crippen LogP contribution is -2.36. The number of nitrogens with zero attached hydrogens (tertiary/aromatic N) is 2. The van der Waals surface area contributed by atoms with Crippen LogP contribution >= 0.6 is 0 Å². The monoisotopic (exact) mass is 238 g/mol. The maximum Gasteiger partial charge on any atom is 0.254 e. The number of benzene rings is 1. The lowest BCUT2D eigenvalue weighted by Gasteiger charge is -2.12. The Morgan fingerprint density at radius 1 is 1.59 bits per heavy atom. The topological polar surface area (TPSA) is 103 Å². The van der Waals surface area contributed by atoms with Gasteiger partial charge >= 0.3 is 0 Å². The number of hydrazine groups is 1. The normalized spacial score (nSPS) is 13.1. The van der Waals surface area contributed by atoms with Crippen molar-refractivity contribution in [2.75, 3.05) is 6.61 Å². The van der Waals surface area contributed by atoms with E-state index in [1.165, 1.54) is 0 Å². The van der Waals surface area contributed by atoms with Crippen molar-refractivity contribution in [3.63, 3.8) is 0 Å². The Bertz CT molecular complexity index is 394. The summed E-state index contributed by atoms with van der Waals surface area (Å²) >= 11 is 0. The van der Waals surface area contributed by atoms with Crippen molar-refractivity contribution in [1.82, 2.24) is 5.43 Å². The second-order valence-electron chi connectivity index (χ2n) is 3.10. The van der Waals surface area contributed by atoms with E-state index in [2.05, 4.69) is 4.99 Å². The number of nitrogens with two attached hydrogens (primary N) is 1. The van der Waals surface area contributed by atoms with E-state index in [0.717, 1.165) is 5.56 Å². The van der Waals surface area contributed by atoms with Crippen LogP contribution in [0.1, 0.15) is 18.7 Å². The van der Waals surface area contributed by atoms with E-state index >= 15 is 0 Å². The van der Waals surface area contributed by atoms with E-state index in [0.29, 0.717) is 6.61 Å². The highest BCUT2D eigenvalue weighted by molar-refractivity contribution is 5.76. The molecule has 0 amide bonds. The van der Waals surface area contributed by atoms with Gasteiger partial charge in [0.15, 0.2) is 11.3 Å². The number of guanidine groups is 1. The maximum atomic E-state index is 10.2. The highest BCUT2D eigenvalue weighted by atomic mass is 16.7. The van der Waals surface area contributed by atoms with E-state index in [1.54, 1.807) is 5.43 Å². The summed E-state index contributed by atoms with van der Waals surface area (Å²) in [5.74, 6) is -0.294. The molecule has 17 heavy (non-hydrogen) atoms. The predicted molar refractivity (Wildman–Crippen MR) is 62.6 cm³/mol. The minimum atomic E-state index is -0.771. The Labute approximate surface area is 98.4 Å². The first-order chi connectivity index (χ1) is 8.13. The van der Waals surface area contributed by atoms with Gasteiger partial charge in [-0.05, 0) is 6.92 Å². The predicted octanol–water partition coefficient (Wildman–Crippen LogP) is 0.818. The number of aliphatic imine (C=N–C) groups is 1. The van der Waals surface area contributed by atoms with Crippen LogP contribution in [0.15, 0.2) is 35.3 Å². The Balaban J connectivity index is 2.83. The Morgan fingerprint density at radius 2 is 2.24 bits per heavy atom. The summed E-state index contributed by atoms with van der Waals surface area (Å²) in [5, 5.41) is 9.41. The Kier molecular flexibility index (Phi) is 4.89. The van der Waals surface area contributed by atoms with E-state index in [-0.39, 0.29) is 5.96 Å². The van der Waals surface area contributed by atoms with Gasteiger partial charge < -0.3 is 10.5 Å². The van der Waals surface area contributed by atoms with Crippen molar-refractivity contribution in [1.29, 1.82) is 0 Å². The molecule has 1 atom stereocenters. The summed E-state index contributed by atoms with van der Waals surface area (Å²) in [6, 6.07) is 9.13. The van der Waals surface area contributed by atoms with Gasteiger partial charge in [-0.2, -0.15) is 0 Å². The molecule has 1 aromatic rings. The molecule has 1 aromatic carbocycles. The zero-order valence-corrected chi connectivity index (χ0v) is 9.37. The summed E-state index contributed by atoms with van der Waals surface area (Å²) in [6.07, 6.45) is -0.645. The third-order valence-electron chi connectivity index (χ3n) is 1.87. The van der Waals surface area contributed by atoms with Gasteiger partial charge in [-0.15, -0.1) is 0 Å². The molecular weight excluding hydrogens is 224 g/mol. The van der Waals surface area contributed by atoms with Gasteiger partial charge in [0.25, 0.3) is 5.96 Å². The molecule has 0 saturated carbocycles. The first-order valence-corrected chi connectivity index (χ1v) is 5.04. The minimum absolute atomic E-state index is 0.294. The number of hydrogen-bond acceptors (Lipinski definition) is 4. The molecule has 0 bridgehead atoms. The highest BCUT2D eigenvalue weighted by Gasteiger charge is 2.11. The quantitative estimate of drug-likeness (QED) is 0.342. The second kappa shape index (κ2) is 6.44. The summed E-state index contributed by atoms with van der Waals surface area (Å²) in [6.45, 7) is 2.23. The molecule has 1 rings (SSSR count). The second-order valence-corrected chi connectivity index (χ2v) is 3.10. The zero-order valence-electron chi connectivity index (χ0n) is 9.37. The van der Waals surface area contributed by atoms with E-state index in [4.69, 9.17) is 10.5 Å². The van der Waals surface area contributed by atoms with Crippen LogP contribution in [0, 0.1) is 10.1 Å². The Hall–Kier alpha value is -2.15. The molecule has 0 aliphatic rings. The van der Waals surface area contributed by atoms with Crippen molar-refractivity contribution in [3.8, 4) is 0 Å². The third kappa shape index (κ3) is 4.47. The van der Waals surface area contributed by atoms with Crippen molar-refractivity contribution < 1.29 is 9.77 Å². The zero-order chi connectivity index (χ0) is 12.7. The molecule has 0 aromatic heterocycles. The maximum absolute atomic E-state index is 10.2. The molecule has 0 heterocycles. The first-order valence-electron chi connectivity index (χ1n) is 5.04. The van der Waals surface area contributed by atoms with Gasteiger partial charge in [0, 0.05) is 12.2 Å². The first kappa shape index (κ1) is 12.9. The summed E-state index contributed by atoms with van der Waals surface area (Å²) in [5.41, 5.74) is 7.91. The van der Waals surface area contributed by atoms with E-state index < -0.39 is 11.3 Å². The average Bonchev–Trinajstić information content (AvgIpc) is 2.28. The lowest BCUT2D eigenvalue weighted by molar-refractivity contribution is -0.525. The fraction of sp³-hybridized carbons (Fsp3) is 0.300. The van der Waals surface area contributed by atoms with Crippen molar-refractivity contribution >= 4 is 5.96 Å². The number of nitro groups is 1. The summed E-state index contributed by atoms with van der Waals surface area (Å²) in [7, 11) is 0. The average molecular weight is 238 g/mol. The number of hydrogen-bond donors (Lipinski definition) is 2. The molecule has 92 valence electrons.